The van der Waals surface area contributed by atoms with Crippen molar-refractivity contribution >= 4 is 15.7 Å². The van der Waals surface area contributed by atoms with Crippen molar-refractivity contribution in [3.8, 4) is 6.07 Å². The van der Waals surface area contributed by atoms with Crippen LogP contribution in [0.4, 0.5) is 5.69 Å². The van der Waals surface area contributed by atoms with E-state index in [1.54, 1.807) is 30.3 Å². The van der Waals surface area contributed by atoms with Gasteiger partial charge in [0.05, 0.1) is 0 Å². The highest BCUT2D eigenvalue weighted by atomic mass is 32.2. The van der Waals surface area contributed by atoms with Crippen LogP contribution in [0.15, 0.2) is 47.5 Å². The summed E-state index contributed by atoms with van der Waals surface area (Å²) in [7, 11) is -3.78. The maximum absolute atomic E-state index is 12.1. The lowest BCUT2D eigenvalue weighted by molar-refractivity contribution is 0.580. The van der Waals surface area contributed by atoms with Crippen molar-refractivity contribution in [3.63, 3.8) is 0 Å². The van der Waals surface area contributed by atoms with Gasteiger partial charge < -0.3 is 5.73 Å². The van der Waals surface area contributed by atoms with Gasteiger partial charge in [-0.2, -0.15) is 5.26 Å². The molecule has 0 saturated carbocycles. The third-order valence-corrected chi connectivity index (χ3v) is 4.04. The maximum atomic E-state index is 12.1. The molecule has 0 aliphatic heterocycles. The molecule has 0 unspecified atom stereocenters. The first kappa shape index (κ1) is 14.0. The number of pyridine rings is 1. The van der Waals surface area contributed by atoms with E-state index in [1.165, 1.54) is 18.3 Å². The van der Waals surface area contributed by atoms with Gasteiger partial charge in [-0.05, 0) is 29.8 Å². The summed E-state index contributed by atoms with van der Waals surface area (Å²) < 4.78 is 26.7. The first-order chi connectivity index (χ1) is 9.53. The second kappa shape index (κ2) is 5.69. The molecule has 2 aromatic rings. The smallest absolute Gasteiger partial charge is 0.243 e. The molecule has 0 bridgehead atoms. The van der Waals surface area contributed by atoms with E-state index in [2.05, 4.69) is 9.71 Å². The highest BCUT2D eigenvalue weighted by Gasteiger charge is 2.18. The molecule has 6 nitrogen and oxygen atoms in total. The standard InChI is InChI=1S/C13H12N4O2S/c14-8-12-13(2-1-7-16-12)20(18,19)17-9-10-3-5-11(15)6-4-10/h1-7,17H,9,15H2. The first-order valence-corrected chi connectivity index (χ1v) is 7.20. The lowest BCUT2D eigenvalue weighted by Crippen LogP contribution is -2.24. The minimum atomic E-state index is -3.78. The number of sulfonamides is 1. The Morgan fingerprint density at radius 3 is 2.60 bits per heavy atom. The molecule has 0 spiro atoms. The van der Waals surface area contributed by atoms with Crippen LogP contribution >= 0.6 is 0 Å². The van der Waals surface area contributed by atoms with Crippen LogP contribution in [-0.4, -0.2) is 13.4 Å². The molecular formula is C13H12N4O2S. The fourth-order valence-corrected chi connectivity index (χ4v) is 2.71. The fourth-order valence-electron chi connectivity index (χ4n) is 1.58. The lowest BCUT2D eigenvalue weighted by atomic mass is 10.2. The van der Waals surface area contributed by atoms with Crippen LogP contribution < -0.4 is 10.5 Å². The van der Waals surface area contributed by atoms with Gasteiger partial charge in [0, 0.05) is 18.4 Å². The third kappa shape index (κ3) is 3.12. The predicted molar refractivity (Wildman–Crippen MR) is 73.8 cm³/mol. The summed E-state index contributed by atoms with van der Waals surface area (Å²) >= 11 is 0. The minimum absolute atomic E-state index is 0.113. The molecule has 1 aromatic carbocycles. The molecule has 0 amide bonds. The van der Waals surface area contributed by atoms with E-state index < -0.39 is 10.0 Å². The molecule has 0 radical (unpaired) electrons. The second-order valence-corrected chi connectivity index (χ2v) is 5.76. The van der Waals surface area contributed by atoms with Gasteiger partial charge in [-0.15, -0.1) is 0 Å². The Bertz CT molecular complexity index is 749. The SMILES string of the molecule is N#Cc1ncccc1S(=O)(=O)NCc1ccc(N)cc1. The Balaban J connectivity index is 2.20. The molecule has 3 N–H and O–H groups in total. The summed E-state index contributed by atoms with van der Waals surface area (Å²) in [5, 5.41) is 8.88. The number of nitriles is 1. The summed E-state index contributed by atoms with van der Waals surface area (Å²) in [4.78, 5) is 3.61. The van der Waals surface area contributed by atoms with Crippen molar-refractivity contribution in [2.24, 2.45) is 0 Å². The number of hydrogen-bond donors (Lipinski definition) is 2. The van der Waals surface area contributed by atoms with Gasteiger partial charge in [-0.25, -0.2) is 18.1 Å². The Kier molecular flexibility index (Phi) is 3.98. The second-order valence-electron chi connectivity index (χ2n) is 4.03. The van der Waals surface area contributed by atoms with Gasteiger partial charge in [-0.3, -0.25) is 0 Å². The normalized spacial score (nSPS) is 10.9. The van der Waals surface area contributed by atoms with E-state index in [4.69, 9.17) is 11.0 Å². The zero-order valence-electron chi connectivity index (χ0n) is 10.4. The summed E-state index contributed by atoms with van der Waals surface area (Å²) in [5.74, 6) is 0. The molecule has 0 fully saturated rings. The predicted octanol–water partition coefficient (Wildman–Crippen LogP) is 1.01. The molecule has 1 heterocycles. The van der Waals surface area contributed by atoms with Crippen LogP contribution in [0.25, 0.3) is 0 Å². The largest absolute Gasteiger partial charge is 0.399 e. The van der Waals surface area contributed by atoms with Gasteiger partial charge >= 0.3 is 0 Å². The molecule has 0 saturated heterocycles. The Hall–Kier alpha value is -2.43. The van der Waals surface area contributed by atoms with E-state index in [9.17, 15) is 8.42 Å². The van der Waals surface area contributed by atoms with Gasteiger partial charge in [0.15, 0.2) is 5.69 Å². The van der Waals surface area contributed by atoms with Crippen molar-refractivity contribution < 1.29 is 8.42 Å². The lowest BCUT2D eigenvalue weighted by Gasteiger charge is -2.07. The highest BCUT2D eigenvalue weighted by Crippen LogP contribution is 2.13. The van der Waals surface area contributed by atoms with Gasteiger partial charge in [0.1, 0.15) is 11.0 Å². The Morgan fingerprint density at radius 2 is 1.95 bits per heavy atom. The number of hydrogen-bond acceptors (Lipinski definition) is 5. The van der Waals surface area contributed by atoms with Crippen LogP contribution in [0, 0.1) is 11.3 Å². The average molecular weight is 288 g/mol. The zero-order valence-corrected chi connectivity index (χ0v) is 11.3. The molecule has 1 aromatic heterocycles. The van der Waals surface area contributed by atoms with Crippen molar-refractivity contribution in [2.45, 2.75) is 11.4 Å². The van der Waals surface area contributed by atoms with Gasteiger partial charge in [0.2, 0.25) is 10.0 Å². The first-order valence-electron chi connectivity index (χ1n) is 5.72. The van der Waals surface area contributed by atoms with Crippen molar-refractivity contribution in [1.82, 2.24) is 9.71 Å². The fraction of sp³-hybridized carbons (Fsp3) is 0.0769. The number of nitrogens with two attached hydrogens (primary N) is 1. The summed E-state index contributed by atoms with van der Waals surface area (Å²) in [6, 6.07) is 11.4. The molecule has 102 valence electrons. The molecule has 2 rings (SSSR count). The highest BCUT2D eigenvalue weighted by molar-refractivity contribution is 7.89. The van der Waals surface area contributed by atoms with Crippen LogP contribution in [0.5, 0.6) is 0 Å². The molecule has 0 atom stereocenters. The molecule has 0 aliphatic carbocycles. The number of nitrogens with one attached hydrogen (secondary N) is 1. The maximum Gasteiger partial charge on any atom is 0.243 e. The number of anilines is 1. The molecular weight excluding hydrogens is 276 g/mol. The van der Waals surface area contributed by atoms with Crippen LogP contribution in [0.2, 0.25) is 0 Å². The topological polar surface area (TPSA) is 109 Å². The number of nitrogens with zero attached hydrogens (tertiary/aromatic N) is 2. The van der Waals surface area contributed by atoms with Crippen LogP contribution in [-0.2, 0) is 16.6 Å². The van der Waals surface area contributed by atoms with E-state index in [0.717, 1.165) is 5.56 Å². The number of aromatic nitrogens is 1. The number of benzene rings is 1. The Morgan fingerprint density at radius 1 is 1.25 bits per heavy atom. The number of nitrogen functional groups attached to an aromatic ring is 1. The summed E-state index contributed by atoms with van der Waals surface area (Å²) in [5.41, 5.74) is 6.80. The van der Waals surface area contributed by atoms with Crippen molar-refractivity contribution in [2.75, 3.05) is 5.73 Å². The van der Waals surface area contributed by atoms with E-state index in [1.807, 2.05) is 0 Å². The van der Waals surface area contributed by atoms with Crippen LogP contribution in [0.1, 0.15) is 11.3 Å². The zero-order chi connectivity index (χ0) is 14.6. The minimum Gasteiger partial charge on any atom is -0.399 e. The van der Waals surface area contributed by atoms with Gasteiger partial charge in [0.25, 0.3) is 0 Å². The van der Waals surface area contributed by atoms with Crippen molar-refractivity contribution in [1.29, 1.82) is 5.26 Å². The summed E-state index contributed by atoms with van der Waals surface area (Å²) in [6.45, 7) is 0.113. The van der Waals surface area contributed by atoms with Crippen LogP contribution in [0.3, 0.4) is 0 Å². The monoisotopic (exact) mass is 288 g/mol. The molecule has 7 heteroatoms. The number of rotatable bonds is 4. The van der Waals surface area contributed by atoms with E-state index in [-0.39, 0.29) is 17.1 Å². The average Bonchev–Trinajstić information content (AvgIpc) is 2.46. The third-order valence-electron chi connectivity index (χ3n) is 2.61. The molecule has 20 heavy (non-hydrogen) atoms. The quantitative estimate of drug-likeness (QED) is 0.816. The van der Waals surface area contributed by atoms with E-state index in [0.29, 0.717) is 5.69 Å². The Labute approximate surface area is 116 Å². The van der Waals surface area contributed by atoms with E-state index >= 15 is 0 Å². The molecule has 0 aliphatic rings. The van der Waals surface area contributed by atoms with Gasteiger partial charge in [-0.1, -0.05) is 12.1 Å². The van der Waals surface area contributed by atoms with Crippen molar-refractivity contribution in [3.05, 3.63) is 53.9 Å². The summed E-state index contributed by atoms with van der Waals surface area (Å²) in [6.07, 6.45) is 1.37.